The van der Waals surface area contributed by atoms with Crippen molar-refractivity contribution in [2.75, 3.05) is 24.7 Å². The summed E-state index contributed by atoms with van der Waals surface area (Å²) in [4.78, 5) is 0. The molecule has 0 saturated carbocycles. The summed E-state index contributed by atoms with van der Waals surface area (Å²) in [6, 6.07) is 0. The van der Waals surface area contributed by atoms with E-state index in [1.165, 1.54) is 0 Å². The quantitative estimate of drug-likeness (QED) is 0.676. The van der Waals surface area contributed by atoms with E-state index in [0.29, 0.717) is 6.42 Å². The van der Waals surface area contributed by atoms with Crippen molar-refractivity contribution < 1.29 is 17.2 Å². The van der Waals surface area contributed by atoms with Gasteiger partial charge in [0, 0.05) is 12.4 Å². The maximum Gasteiger partial charge on any atom is 0.252 e. The summed E-state index contributed by atoms with van der Waals surface area (Å²) in [7, 11) is -3.64. The van der Waals surface area contributed by atoms with Crippen molar-refractivity contribution in [1.29, 1.82) is 0 Å². The van der Waals surface area contributed by atoms with E-state index in [-0.39, 0.29) is 23.6 Å². The summed E-state index contributed by atoms with van der Waals surface area (Å²) in [6.45, 7) is 4.86. The molecule has 0 N–H and O–H groups in total. The molecule has 0 fully saturated rings. The van der Waals surface area contributed by atoms with Gasteiger partial charge in [0.15, 0.2) is 0 Å². The molecule has 0 spiro atoms. The predicted molar refractivity (Wildman–Crippen MR) is 66.2 cm³/mol. The zero-order valence-electron chi connectivity index (χ0n) is 10.4. The Morgan fingerprint density at radius 3 is 2.18 bits per heavy atom. The van der Waals surface area contributed by atoms with Crippen molar-refractivity contribution in [2.45, 2.75) is 33.6 Å². The van der Waals surface area contributed by atoms with Gasteiger partial charge >= 0.3 is 0 Å². The van der Waals surface area contributed by atoms with Gasteiger partial charge in [-0.25, -0.2) is 17.2 Å². The third kappa shape index (κ3) is 7.89. The molecule has 0 bridgehead atoms. The Bertz CT molecular complexity index is 315. The second-order valence-electron chi connectivity index (χ2n) is 5.06. The summed E-state index contributed by atoms with van der Waals surface area (Å²) in [5.74, 6) is -0.110. The monoisotopic (exact) mass is 291 g/mol. The Hall–Kier alpha value is 0.0600. The Labute approximate surface area is 107 Å². The van der Waals surface area contributed by atoms with Crippen molar-refractivity contribution in [3.05, 3.63) is 0 Å². The van der Waals surface area contributed by atoms with Crippen molar-refractivity contribution in [3.8, 4) is 0 Å². The second-order valence-corrected chi connectivity index (χ2v) is 7.53. The lowest BCUT2D eigenvalue weighted by Gasteiger charge is -2.24. The van der Waals surface area contributed by atoms with Crippen LogP contribution in [-0.2, 0) is 10.0 Å². The minimum Gasteiger partial charge on any atom is -0.212 e. The Balaban J connectivity index is 4.60. The summed E-state index contributed by atoms with van der Waals surface area (Å²) in [6.07, 6.45) is -2.25. The predicted octanol–water partition coefficient (Wildman–Crippen LogP) is 2.56. The molecule has 3 nitrogen and oxygen atoms in total. The van der Waals surface area contributed by atoms with Crippen LogP contribution in [0.5, 0.6) is 0 Å². The van der Waals surface area contributed by atoms with Gasteiger partial charge in [-0.05, 0) is 11.8 Å². The minimum absolute atomic E-state index is 0.0153. The molecule has 104 valence electrons. The van der Waals surface area contributed by atoms with Crippen LogP contribution in [0, 0.1) is 5.41 Å². The third-order valence-electron chi connectivity index (χ3n) is 2.18. The molecule has 0 aromatic heterocycles. The lowest BCUT2D eigenvalue weighted by Crippen LogP contribution is -2.38. The minimum atomic E-state index is -3.64. The van der Waals surface area contributed by atoms with Crippen LogP contribution in [0.2, 0.25) is 0 Å². The lowest BCUT2D eigenvalue weighted by molar-refractivity contribution is 0.121. The largest absolute Gasteiger partial charge is 0.252 e. The van der Waals surface area contributed by atoms with Crippen LogP contribution in [0.15, 0.2) is 0 Å². The standard InChI is InChI=1S/C10H20ClF2NO2S/c1-10(2,3)4-7-17(15,16)14(6-5-11)8-9(12)13/h9H,4-8H2,1-3H3. The van der Waals surface area contributed by atoms with Crippen LogP contribution < -0.4 is 0 Å². The van der Waals surface area contributed by atoms with Crippen LogP contribution in [-0.4, -0.2) is 43.9 Å². The van der Waals surface area contributed by atoms with E-state index in [0.717, 1.165) is 4.31 Å². The summed E-state index contributed by atoms with van der Waals surface area (Å²) < 4.78 is 49.0. The van der Waals surface area contributed by atoms with Gasteiger partial charge < -0.3 is 0 Å². The number of sulfonamides is 1. The number of nitrogens with zero attached hydrogens (tertiary/aromatic N) is 1. The van der Waals surface area contributed by atoms with E-state index < -0.39 is 23.0 Å². The fourth-order valence-corrected chi connectivity index (χ4v) is 3.30. The van der Waals surface area contributed by atoms with E-state index in [1.54, 1.807) is 0 Å². The lowest BCUT2D eigenvalue weighted by atomic mass is 9.94. The zero-order valence-corrected chi connectivity index (χ0v) is 12.0. The molecule has 0 amide bonds. The highest BCUT2D eigenvalue weighted by molar-refractivity contribution is 7.89. The fourth-order valence-electron chi connectivity index (χ4n) is 1.16. The Morgan fingerprint density at radius 2 is 1.82 bits per heavy atom. The first-order chi connectivity index (χ1) is 7.58. The van der Waals surface area contributed by atoms with Gasteiger partial charge in [0.05, 0.1) is 12.3 Å². The van der Waals surface area contributed by atoms with Crippen LogP contribution in [0.3, 0.4) is 0 Å². The molecule has 0 aliphatic carbocycles. The summed E-state index contributed by atoms with van der Waals surface area (Å²) in [5.41, 5.74) is -0.148. The molecule has 0 heterocycles. The average Bonchev–Trinajstić information content (AvgIpc) is 2.13. The van der Waals surface area contributed by atoms with E-state index in [2.05, 4.69) is 0 Å². The maximum absolute atomic E-state index is 12.3. The second kappa shape index (κ2) is 6.85. The molecule has 0 unspecified atom stereocenters. The van der Waals surface area contributed by atoms with Crippen molar-refractivity contribution >= 4 is 21.6 Å². The molecule has 0 atom stereocenters. The highest BCUT2D eigenvalue weighted by atomic mass is 35.5. The summed E-state index contributed by atoms with van der Waals surface area (Å²) >= 11 is 5.42. The smallest absolute Gasteiger partial charge is 0.212 e. The summed E-state index contributed by atoms with van der Waals surface area (Å²) in [5, 5.41) is 0. The zero-order chi connectivity index (χ0) is 13.7. The molecule has 17 heavy (non-hydrogen) atoms. The van der Waals surface area contributed by atoms with Crippen LogP contribution in [0.25, 0.3) is 0 Å². The van der Waals surface area contributed by atoms with Crippen LogP contribution in [0.4, 0.5) is 8.78 Å². The van der Waals surface area contributed by atoms with Gasteiger partial charge in [-0.3, -0.25) is 0 Å². The Morgan fingerprint density at radius 1 is 1.29 bits per heavy atom. The number of halogens is 3. The van der Waals surface area contributed by atoms with Gasteiger partial charge in [0.1, 0.15) is 0 Å². The fraction of sp³-hybridized carbons (Fsp3) is 1.00. The topological polar surface area (TPSA) is 37.4 Å². The number of alkyl halides is 3. The molecule has 0 aromatic carbocycles. The van der Waals surface area contributed by atoms with E-state index >= 15 is 0 Å². The molecule has 0 aliphatic rings. The average molecular weight is 292 g/mol. The number of hydrogen-bond donors (Lipinski definition) is 0. The maximum atomic E-state index is 12.3. The molecule has 0 radical (unpaired) electrons. The third-order valence-corrected chi connectivity index (χ3v) is 4.19. The Kier molecular flexibility index (Phi) is 6.87. The first-order valence-electron chi connectivity index (χ1n) is 5.40. The molecule has 7 heteroatoms. The molecular formula is C10H20ClF2NO2S. The van der Waals surface area contributed by atoms with Gasteiger partial charge in [-0.1, -0.05) is 20.8 Å². The first-order valence-corrected chi connectivity index (χ1v) is 7.55. The van der Waals surface area contributed by atoms with Gasteiger partial charge in [0.25, 0.3) is 6.43 Å². The van der Waals surface area contributed by atoms with Crippen molar-refractivity contribution in [1.82, 2.24) is 4.31 Å². The SMILES string of the molecule is CC(C)(C)CCS(=O)(=O)N(CCCl)CC(F)F. The molecule has 0 aliphatic heterocycles. The van der Waals surface area contributed by atoms with Crippen LogP contribution >= 0.6 is 11.6 Å². The van der Waals surface area contributed by atoms with E-state index in [1.807, 2.05) is 20.8 Å². The van der Waals surface area contributed by atoms with Gasteiger partial charge in [0.2, 0.25) is 10.0 Å². The molecule has 0 rings (SSSR count). The normalized spacial score (nSPS) is 13.6. The highest BCUT2D eigenvalue weighted by Gasteiger charge is 2.26. The van der Waals surface area contributed by atoms with Gasteiger partial charge in [-0.2, -0.15) is 4.31 Å². The number of hydrogen-bond acceptors (Lipinski definition) is 2. The van der Waals surface area contributed by atoms with Crippen LogP contribution in [0.1, 0.15) is 27.2 Å². The van der Waals surface area contributed by atoms with E-state index in [4.69, 9.17) is 11.6 Å². The molecular weight excluding hydrogens is 272 g/mol. The molecule has 0 saturated heterocycles. The van der Waals surface area contributed by atoms with Crippen molar-refractivity contribution in [2.24, 2.45) is 5.41 Å². The number of rotatable bonds is 7. The van der Waals surface area contributed by atoms with E-state index in [9.17, 15) is 17.2 Å². The van der Waals surface area contributed by atoms with Crippen molar-refractivity contribution in [3.63, 3.8) is 0 Å². The highest BCUT2D eigenvalue weighted by Crippen LogP contribution is 2.20. The van der Waals surface area contributed by atoms with Gasteiger partial charge in [-0.15, -0.1) is 11.6 Å². The first kappa shape index (κ1) is 17.1. The molecule has 0 aromatic rings.